The quantitative estimate of drug-likeness (QED) is 0.805. The summed E-state index contributed by atoms with van der Waals surface area (Å²) in [4.78, 5) is 11.8. The van der Waals surface area contributed by atoms with Crippen LogP contribution in [0.1, 0.15) is 12.7 Å². The molecule has 0 saturated carbocycles. The Labute approximate surface area is 111 Å². The van der Waals surface area contributed by atoms with Crippen molar-refractivity contribution in [2.24, 2.45) is 0 Å². The first-order valence-electron chi connectivity index (χ1n) is 6.10. The van der Waals surface area contributed by atoms with E-state index in [-0.39, 0.29) is 11.9 Å². The van der Waals surface area contributed by atoms with Gasteiger partial charge >= 0.3 is 0 Å². The molecule has 1 atom stereocenters. The number of hydrogen-bond donors (Lipinski definition) is 2. The van der Waals surface area contributed by atoms with Gasteiger partial charge in [-0.2, -0.15) is 5.10 Å². The molecular weight excluding hydrogens is 246 g/mol. The van der Waals surface area contributed by atoms with Gasteiger partial charge in [0.25, 0.3) is 0 Å². The van der Waals surface area contributed by atoms with Gasteiger partial charge in [0, 0.05) is 25.0 Å². The Balaban J connectivity index is 1.73. The number of nitrogens with zero attached hydrogens (tertiary/aromatic N) is 3. The summed E-state index contributed by atoms with van der Waals surface area (Å²) in [6, 6.07) is 3.23. The van der Waals surface area contributed by atoms with Crippen LogP contribution in [0.15, 0.2) is 29.0 Å². The molecule has 102 valence electrons. The highest BCUT2D eigenvalue weighted by atomic mass is 16.5. The summed E-state index contributed by atoms with van der Waals surface area (Å²) in [7, 11) is 0. The van der Waals surface area contributed by atoms with Crippen LogP contribution in [0.5, 0.6) is 0 Å². The molecule has 0 bridgehead atoms. The summed E-state index contributed by atoms with van der Waals surface area (Å²) in [6.07, 6.45) is 3.60. The SMILES string of the molecule is Cc1cc(NC(=O)[C@H](C)NCCn2cccn2)no1. The molecule has 7 nitrogen and oxygen atoms in total. The fourth-order valence-corrected chi connectivity index (χ4v) is 1.58. The minimum absolute atomic E-state index is 0.145. The molecule has 0 aliphatic heterocycles. The summed E-state index contributed by atoms with van der Waals surface area (Å²) < 4.78 is 6.68. The number of rotatable bonds is 6. The zero-order valence-corrected chi connectivity index (χ0v) is 11.0. The van der Waals surface area contributed by atoms with E-state index in [1.807, 2.05) is 12.3 Å². The zero-order chi connectivity index (χ0) is 13.7. The Morgan fingerprint density at radius 3 is 3.05 bits per heavy atom. The highest BCUT2D eigenvalue weighted by molar-refractivity contribution is 5.93. The van der Waals surface area contributed by atoms with Crippen molar-refractivity contribution in [3.63, 3.8) is 0 Å². The molecule has 0 aromatic carbocycles. The smallest absolute Gasteiger partial charge is 0.242 e. The molecule has 0 radical (unpaired) electrons. The maximum absolute atomic E-state index is 11.8. The second-order valence-electron chi connectivity index (χ2n) is 4.26. The number of hydrogen-bond acceptors (Lipinski definition) is 5. The first-order valence-corrected chi connectivity index (χ1v) is 6.10. The van der Waals surface area contributed by atoms with Gasteiger partial charge in [0.05, 0.1) is 12.6 Å². The lowest BCUT2D eigenvalue weighted by Gasteiger charge is -2.12. The normalized spacial score (nSPS) is 12.3. The average molecular weight is 263 g/mol. The van der Waals surface area contributed by atoms with Crippen molar-refractivity contribution in [1.29, 1.82) is 0 Å². The molecule has 2 heterocycles. The van der Waals surface area contributed by atoms with E-state index in [4.69, 9.17) is 4.52 Å². The molecule has 0 fully saturated rings. The van der Waals surface area contributed by atoms with Crippen molar-refractivity contribution in [2.45, 2.75) is 26.4 Å². The van der Waals surface area contributed by atoms with Crippen LogP contribution in [0.4, 0.5) is 5.82 Å². The van der Waals surface area contributed by atoms with Crippen LogP contribution in [0, 0.1) is 6.92 Å². The maximum Gasteiger partial charge on any atom is 0.242 e. The van der Waals surface area contributed by atoms with Gasteiger partial charge in [-0.1, -0.05) is 5.16 Å². The van der Waals surface area contributed by atoms with Gasteiger partial charge in [0.15, 0.2) is 5.82 Å². The summed E-state index contributed by atoms with van der Waals surface area (Å²) >= 11 is 0. The third-order valence-electron chi connectivity index (χ3n) is 2.62. The summed E-state index contributed by atoms with van der Waals surface area (Å²) in [5, 5.41) is 13.6. The van der Waals surface area contributed by atoms with Crippen LogP contribution in [0.2, 0.25) is 0 Å². The largest absolute Gasteiger partial charge is 0.360 e. The Hall–Kier alpha value is -2.15. The third kappa shape index (κ3) is 3.92. The van der Waals surface area contributed by atoms with E-state index in [2.05, 4.69) is 20.9 Å². The van der Waals surface area contributed by atoms with Crippen LogP contribution in [-0.2, 0) is 11.3 Å². The number of aromatic nitrogens is 3. The van der Waals surface area contributed by atoms with E-state index in [1.54, 1.807) is 30.8 Å². The summed E-state index contributed by atoms with van der Waals surface area (Å²) in [5.41, 5.74) is 0. The molecular formula is C12H17N5O2. The number of anilines is 1. The number of amides is 1. The van der Waals surface area contributed by atoms with Gasteiger partial charge < -0.3 is 15.2 Å². The van der Waals surface area contributed by atoms with Crippen LogP contribution in [0.3, 0.4) is 0 Å². The van der Waals surface area contributed by atoms with E-state index >= 15 is 0 Å². The summed E-state index contributed by atoms with van der Waals surface area (Å²) in [6.45, 7) is 4.95. The monoisotopic (exact) mass is 263 g/mol. The number of carbonyl (C=O) groups is 1. The fourth-order valence-electron chi connectivity index (χ4n) is 1.58. The molecule has 1 amide bonds. The first kappa shape index (κ1) is 13.3. The highest BCUT2D eigenvalue weighted by Crippen LogP contribution is 2.07. The van der Waals surface area contributed by atoms with Crippen molar-refractivity contribution >= 4 is 11.7 Å². The molecule has 19 heavy (non-hydrogen) atoms. The topological polar surface area (TPSA) is 85.0 Å². The molecule has 2 rings (SSSR count). The number of carbonyl (C=O) groups excluding carboxylic acids is 1. The van der Waals surface area contributed by atoms with Crippen LogP contribution in [-0.4, -0.2) is 33.4 Å². The molecule has 0 aliphatic rings. The van der Waals surface area contributed by atoms with E-state index in [0.717, 1.165) is 0 Å². The van der Waals surface area contributed by atoms with Crippen molar-refractivity contribution < 1.29 is 9.32 Å². The zero-order valence-electron chi connectivity index (χ0n) is 11.0. The van der Waals surface area contributed by atoms with Crippen LogP contribution >= 0.6 is 0 Å². The minimum Gasteiger partial charge on any atom is -0.360 e. The molecule has 2 N–H and O–H groups in total. The van der Waals surface area contributed by atoms with E-state index in [9.17, 15) is 4.79 Å². The van der Waals surface area contributed by atoms with Gasteiger partial charge in [-0.25, -0.2) is 0 Å². The van der Waals surface area contributed by atoms with Gasteiger partial charge in [0.1, 0.15) is 5.76 Å². The van der Waals surface area contributed by atoms with E-state index < -0.39 is 0 Å². The molecule has 2 aromatic heterocycles. The standard InChI is InChI=1S/C12H17N5O2/c1-9-8-11(16-19-9)15-12(18)10(2)13-5-7-17-6-3-4-14-17/h3-4,6,8,10,13H,5,7H2,1-2H3,(H,15,16,18)/t10-/m0/s1. The lowest BCUT2D eigenvalue weighted by molar-refractivity contribution is -0.117. The first-order chi connectivity index (χ1) is 9.15. The van der Waals surface area contributed by atoms with Crippen molar-refractivity contribution in [3.8, 4) is 0 Å². The summed E-state index contributed by atoms with van der Waals surface area (Å²) in [5.74, 6) is 0.951. The lowest BCUT2D eigenvalue weighted by atomic mass is 10.3. The van der Waals surface area contributed by atoms with Gasteiger partial charge in [-0.3, -0.25) is 9.48 Å². The van der Waals surface area contributed by atoms with Gasteiger partial charge in [0.2, 0.25) is 5.91 Å². The van der Waals surface area contributed by atoms with Gasteiger partial charge in [-0.05, 0) is 19.9 Å². The molecule has 7 heteroatoms. The lowest BCUT2D eigenvalue weighted by Crippen LogP contribution is -2.39. The predicted molar refractivity (Wildman–Crippen MR) is 69.6 cm³/mol. The molecule has 0 spiro atoms. The highest BCUT2D eigenvalue weighted by Gasteiger charge is 2.13. The van der Waals surface area contributed by atoms with Crippen LogP contribution in [0.25, 0.3) is 0 Å². The van der Waals surface area contributed by atoms with Crippen molar-refractivity contribution in [2.75, 3.05) is 11.9 Å². The Bertz CT molecular complexity index is 520. The minimum atomic E-state index is -0.312. The van der Waals surface area contributed by atoms with Crippen molar-refractivity contribution in [1.82, 2.24) is 20.3 Å². The van der Waals surface area contributed by atoms with Gasteiger partial charge in [-0.15, -0.1) is 0 Å². The Morgan fingerprint density at radius 2 is 2.42 bits per heavy atom. The Morgan fingerprint density at radius 1 is 1.58 bits per heavy atom. The second kappa shape index (κ2) is 6.14. The van der Waals surface area contributed by atoms with E-state index in [1.165, 1.54) is 0 Å². The van der Waals surface area contributed by atoms with Crippen molar-refractivity contribution in [3.05, 3.63) is 30.3 Å². The molecule has 0 unspecified atom stereocenters. The third-order valence-corrected chi connectivity index (χ3v) is 2.62. The Kier molecular flexibility index (Phi) is 4.30. The molecule has 2 aromatic rings. The second-order valence-corrected chi connectivity index (χ2v) is 4.26. The maximum atomic E-state index is 11.8. The molecule has 0 saturated heterocycles. The number of aryl methyl sites for hydroxylation is 1. The number of nitrogens with one attached hydrogen (secondary N) is 2. The average Bonchev–Trinajstić information content (AvgIpc) is 3.01. The van der Waals surface area contributed by atoms with E-state index in [0.29, 0.717) is 24.7 Å². The van der Waals surface area contributed by atoms with Crippen LogP contribution < -0.4 is 10.6 Å². The fraction of sp³-hybridized carbons (Fsp3) is 0.417. The molecule has 0 aliphatic carbocycles. The predicted octanol–water partition coefficient (Wildman–Crippen LogP) is 0.796.